The molecule has 0 aliphatic heterocycles. The molecule has 2 rings (SSSR count). The van der Waals surface area contributed by atoms with E-state index in [9.17, 15) is 8.42 Å². The summed E-state index contributed by atoms with van der Waals surface area (Å²) in [5, 5.41) is 2.68. The van der Waals surface area contributed by atoms with E-state index in [1.165, 1.54) is 15.6 Å². The van der Waals surface area contributed by atoms with Crippen LogP contribution in [0.3, 0.4) is 0 Å². The summed E-state index contributed by atoms with van der Waals surface area (Å²) in [6.07, 6.45) is 1.58. The third kappa shape index (κ3) is 4.57. The molecular formula is C15H15Cl2NO2S2. The molecule has 0 bridgehead atoms. The van der Waals surface area contributed by atoms with Crippen LogP contribution in [0.4, 0.5) is 0 Å². The van der Waals surface area contributed by atoms with E-state index in [0.29, 0.717) is 22.2 Å². The van der Waals surface area contributed by atoms with Crippen LogP contribution in [0.2, 0.25) is 10.0 Å². The van der Waals surface area contributed by atoms with Gasteiger partial charge in [0.25, 0.3) is 0 Å². The van der Waals surface area contributed by atoms with E-state index in [1.807, 2.05) is 17.5 Å². The second-order valence-corrected chi connectivity index (χ2v) is 8.48. The van der Waals surface area contributed by atoms with Crippen molar-refractivity contribution in [2.75, 3.05) is 6.54 Å². The molecule has 0 aliphatic rings. The first-order valence-electron chi connectivity index (χ1n) is 6.47. The Morgan fingerprint density at radius 3 is 2.59 bits per heavy atom. The van der Waals surface area contributed by atoms with Crippen molar-refractivity contribution in [3.63, 3.8) is 0 Å². The van der Waals surface area contributed by atoms with E-state index in [4.69, 9.17) is 23.2 Å². The van der Waals surface area contributed by atoms with Gasteiger partial charge < -0.3 is 0 Å². The summed E-state index contributed by atoms with van der Waals surface area (Å²) in [4.78, 5) is 0.986. The van der Waals surface area contributed by atoms with Gasteiger partial charge >= 0.3 is 0 Å². The van der Waals surface area contributed by atoms with Gasteiger partial charge in [-0.3, -0.25) is 0 Å². The molecule has 118 valence electrons. The van der Waals surface area contributed by atoms with Crippen LogP contribution in [0.1, 0.15) is 10.4 Å². The number of sulfonamides is 1. The fourth-order valence-electron chi connectivity index (χ4n) is 1.93. The number of hydrogen-bond donors (Lipinski definition) is 0. The van der Waals surface area contributed by atoms with Gasteiger partial charge in [-0.15, -0.1) is 17.9 Å². The largest absolute Gasteiger partial charge is 0.218 e. The average Bonchev–Trinajstić information content (AvgIpc) is 2.95. The minimum atomic E-state index is -3.48. The molecule has 22 heavy (non-hydrogen) atoms. The highest BCUT2D eigenvalue weighted by atomic mass is 35.5. The molecule has 1 aromatic carbocycles. The van der Waals surface area contributed by atoms with Gasteiger partial charge in [0, 0.05) is 18.0 Å². The van der Waals surface area contributed by atoms with Gasteiger partial charge in [0.05, 0.1) is 15.8 Å². The number of hydrogen-bond acceptors (Lipinski definition) is 3. The summed E-state index contributed by atoms with van der Waals surface area (Å²) < 4.78 is 26.6. The normalized spacial score (nSPS) is 11.8. The van der Waals surface area contributed by atoms with Crippen molar-refractivity contribution >= 4 is 44.6 Å². The van der Waals surface area contributed by atoms with Gasteiger partial charge in [0.15, 0.2) is 0 Å². The third-order valence-electron chi connectivity index (χ3n) is 2.97. The maximum atomic E-state index is 12.6. The first-order valence-corrected chi connectivity index (χ1v) is 9.72. The molecule has 3 nitrogen and oxygen atoms in total. The standard InChI is InChI=1S/C15H15Cl2NO2S2/c1-2-7-18(10-13-4-3-8-21-13)22(19,20)11-12-5-6-14(16)15(17)9-12/h2-6,8-9H,1,7,10-11H2. The highest BCUT2D eigenvalue weighted by Gasteiger charge is 2.22. The number of nitrogens with zero attached hydrogens (tertiary/aromatic N) is 1. The topological polar surface area (TPSA) is 37.4 Å². The average molecular weight is 376 g/mol. The van der Waals surface area contributed by atoms with Gasteiger partial charge in [-0.1, -0.05) is 41.4 Å². The summed E-state index contributed by atoms with van der Waals surface area (Å²) in [5.41, 5.74) is 0.606. The van der Waals surface area contributed by atoms with E-state index in [-0.39, 0.29) is 12.3 Å². The van der Waals surface area contributed by atoms with Crippen LogP contribution < -0.4 is 0 Å². The van der Waals surface area contributed by atoms with Crippen molar-refractivity contribution in [1.29, 1.82) is 0 Å². The van der Waals surface area contributed by atoms with Crippen LogP contribution >= 0.6 is 34.5 Å². The Balaban J connectivity index is 2.20. The molecule has 1 aromatic heterocycles. The molecule has 0 aliphatic carbocycles. The van der Waals surface area contributed by atoms with Crippen molar-refractivity contribution in [3.8, 4) is 0 Å². The maximum absolute atomic E-state index is 12.6. The summed E-state index contributed by atoms with van der Waals surface area (Å²) in [7, 11) is -3.48. The molecule has 0 atom stereocenters. The third-order valence-corrected chi connectivity index (χ3v) is 6.33. The van der Waals surface area contributed by atoms with Crippen molar-refractivity contribution in [1.82, 2.24) is 4.31 Å². The van der Waals surface area contributed by atoms with E-state index in [2.05, 4.69) is 6.58 Å². The molecule has 2 aromatic rings. The van der Waals surface area contributed by atoms with Crippen LogP contribution in [0.15, 0.2) is 48.4 Å². The molecular weight excluding hydrogens is 361 g/mol. The Labute approximate surface area is 144 Å². The number of rotatable bonds is 7. The predicted octanol–water partition coefficient (Wildman–Crippen LogP) is 4.57. The highest BCUT2D eigenvalue weighted by Crippen LogP contribution is 2.24. The Bertz CT molecular complexity index is 743. The molecule has 0 unspecified atom stereocenters. The van der Waals surface area contributed by atoms with Crippen molar-refractivity contribution < 1.29 is 8.42 Å². The van der Waals surface area contributed by atoms with Gasteiger partial charge in [-0.2, -0.15) is 4.31 Å². The number of benzene rings is 1. The molecule has 0 radical (unpaired) electrons. The van der Waals surface area contributed by atoms with E-state index in [0.717, 1.165) is 4.88 Å². The SMILES string of the molecule is C=CCN(Cc1cccs1)S(=O)(=O)Cc1ccc(Cl)c(Cl)c1. The Morgan fingerprint density at radius 1 is 1.23 bits per heavy atom. The fourth-order valence-corrected chi connectivity index (χ4v) is 4.50. The molecule has 0 spiro atoms. The van der Waals surface area contributed by atoms with Crippen molar-refractivity contribution in [3.05, 3.63) is 68.9 Å². The lowest BCUT2D eigenvalue weighted by molar-refractivity contribution is 0.440. The first kappa shape index (κ1) is 17.5. The van der Waals surface area contributed by atoms with Gasteiger partial charge in [-0.25, -0.2) is 8.42 Å². The van der Waals surface area contributed by atoms with Crippen molar-refractivity contribution in [2.24, 2.45) is 0 Å². The maximum Gasteiger partial charge on any atom is 0.218 e. The molecule has 0 amide bonds. The molecule has 0 saturated carbocycles. The second-order valence-electron chi connectivity index (χ2n) is 4.67. The predicted molar refractivity (Wildman–Crippen MR) is 94.0 cm³/mol. The zero-order chi connectivity index (χ0) is 16.2. The second kappa shape index (κ2) is 7.62. The molecule has 7 heteroatoms. The minimum Gasteiger partial charge on any atom is -0.212 e. The molecule has 0 N–H and O–H groups in total. The molecule has 0 saturated heterocycles. The van der Waals surface area contributed by atoms with Crippen LogP contribution in [-0.4, -0.2) is 19.3 Å². The Morgan fingerprint density at radius 2 is 2.00 bits per heavy atom. The van der Waals surface area contributed by atoms with E-state index < -0.39 is 10.0 Å². The summed E-state index contributed by atoms with van der Waals surface area (Å²) >= 11 is 13.3. The molecule has 0 fully saturated rings. The molecule has 1 heterocycles. The number of thiophene rings is 1. The summed E-state index contributed by atoms with van der Waals surface area (Å²) in [5.74, 6) is -0.122. The van der Waals surface area contributed by atoms with Crippen LogP contribution in [0.25, 0.3) is 0 Å². The smallest absolute Gasteiger partial charge is 0.212 e. The first-order chi connectivity index (χ1) is 10.4. The van der Waals surface area contributed by atoms with E-state index in [1.54, 1.807) is 24.3 Å². The monoisotopic (exact) mass is 375 g/mol. The van der Waals surface area contributed by atoms with Gasteiger partial charge in [0.1, 0.15) is 0 Å². The summed E-state index contributed by atoms with van der Waals surface area (Å²) in [6, 6.07) is 8.67. The van der Waals surface area contributed by atoms with Gasteiger partial charge in [0.2, 0.25) is 10.0 Å². The fraction of sp³-hybridized carbons (Fsp3) is 0.200. The van der Waals surface area contributed by atoms with Gasteiger partial charge in [-0.05, 0) is 29.1 Å². The Kier molecular flexibility index (Phi) is 6.06. The highest BCUT2D eigenvalue weighted by molar-refractivity contribution is 7.88. The van der Waals surface area contributed by atoms with Crippen LogP contribution in [0, 0.1) is 0 Å². The quantitative estimate of drug-likeness (QED) is 0.664. The lowest BCUT2D eigenvalue weighted by Gasteiger charge is -2.20. The van der Waals surface area contributed by atoms with Crippen molar-refractivity contribution in [2.45, 2.75) is 12.3 Å². The number of halogens is 2. The lowest BCUT2D eigenvalue weighted by Crippen LogP contribution is -2.31. The van der Waals surface area contributed by atoms with Crippen LogP contribution in [0.5, 0.6) is 0 Å². The summed E-state index contributed by atoms with van der Waals surface area (Å²) in [6.45, 7) is 4.24. The zero-order valence-corrected chi connectivity index (χ0v) is 14.9. The minimum absolute atomic E-state index is 0.122. The zero-order valence-electron chi connectivity index (χ0n) is 11.7. The Hall–Kier alpha value is -0.850. The van der Waals surface area contributed by atoms with Crippen LogP contribution in [-0.2, 0) is 22.3 Å². The van der Waals surface area contributed by atoms with E-state index >= 15 is 0 Å². The lowest BCUT2D eigenvalue weighted by atomic mass is 10.2.